The van der Waals surface area contributed by atoms with Gasteiger partial charge < -0.3 is 29.3 Å². The fourth-order valence-corrected chi connectivity index (χ4v) is 10.9. The van der Waals surface area contributed by atoms with Crippen molar-refractivity contribution in [2.45, 2.75) is 120 Å². The van der Waals surface area contributed by atoms with Gasteiger partial charge in [0.05, 0.1) is 36.6 Å². The Kier molecular flexibility index (Phi) is 11.0. The van der Waals surface area contributed by atoms with Crippen molar-refractivity contribution >= 4 is 50.6 Å². The number of benzene rings is 1. The quantitative estimate of drug-likeness (QED) is 0.377. The zero-order valence-electron chi connectivity index (χ0n) is 33.2. The lowest BCUT2D eigenvalue weighted by Crippen LogP contribution is -2.57. The number of rotatable bonds is 9. The molecule has 57 heavy (non-hydrogen) atoms. The zero-order chi connectivity index (χ0) is 40.1. The third kappa shape index (κ3) is 8.10. The first-order valence-electron chi connectivity index (χ1n) is 20.9. The predicted molar refractivity (Wildman–Crippen MR) is 212 cm³/mol. The van der Waals surface area contributed by atoms with Gasteiger partial charge in [0.1, 0.15) is 23.4 Å². The Balaban J connectivity index is 1.16. The number of aromatic nitrogens is 1. The van der Waals surface area contributed by atoms with E-state index >= 15 is 4.79 Å². The molecule has 14 nitrogen and oxygen atoms in total. The number of aryl methyl sites for hydroxylation is 1. The van der Waals surface area contributed by atoms with Gasteiger partial charge in [-0.05, 0) is 87.5 Å². The summed E-state index contributed by atoms with van der Waals surface area (Å²) in [5.41, 5.74) is 1.21. The number of carbonyl (C=O) groups excluding carboxylic acids is 4. The number of hydrogen-bond acceptors (Lipinski definition) is 10. The van der Waals surface area contributed by atoms with Gasteiger partial charge in [0.15, 0.2) is 0 Å². The Labute approximate surface area is 334 Å². The standard InChI is InChI=1S/C42H55N5O9S/c1-4-28-22-42(28,41(51)45-57(52,53)31-12-13-31)44-39(49)35-19-30-24-47(35)40(50)32(26-9-6-7-10-26)20-38(48)46-15-14-29(23-46)55-16-8-11-27-18-33-34(17-25(27)3)43-37(54-5-2)21-36(33)56-30/h8,11,17-18,21,26,28-32,35H,4-7,9-10,12-16,19-20,22-24H2,1-3H3,(H,44,49)(H,45,51)/b11-8+/t28-,29+,30-,32+,35+,42-/m1/s1. The van der Waals surface area contributed by atoms with Crippen molar-refractivity contribution in [3.8, 4) is 11.6 Å². The Morgan fingerprint density at radius 1 is 1.04 bits per heavy atom. The molecule has 1 aromatic heterocycles. The first kappa shape index (κ1) is 39.6. The molecule has 2 aromatic rings. The number of fused-ring (bicyclic) bond motifs is 5. The van der Waals surface area contributed by atoms with E-state index in [1.165, 1.54) is 0 Å². The van der Waals surface area contributed by atoms with Crippen LogP contribution in [0.25, 0.3) is 17.0 Å². The third-order valence-electron chi connectivity index (χ3n) is 13.0. The topological polar surface area (TPSA) is 174 Å². The first-order chi connectivity index (χ1) is 27.4. The number of sulfonamides is 1. The average molecular weight is 806 g/mol. The van der Waals surface area contributed by atoms with Crippen LogP contribution in [0, 0.1) is 24.7 Å². The highest BCUT2D eigenvalue weighted by atomic mass is 32.2. The van der Waals surface area contributed by atoms with Crippen molar-refractivity contribution < 1.29 is 41.8 Å². The van der Waals surface area contributed by atoms with Crippen molar-refractivity contribution in [2.24, 2.45) is 17.8 Å². The van der Waals surface area contributed by atoms with Gasteiger partial charge in [-0.1, -0.05) is 38.3 Å². The summed E-state index contributed by atoms with van der Waals surface area (Å²) >= 11 is 0. The SMILES string of the molecule is CCOc1cc2c3cc(c(C)cc3n1)/C=C/CO[C@H]1CCN(C1)C(=O)C[C@@H](C1CCCC1)C(=O)N1C[C@@H](C[C@H]1C(=O)N[C@]1(C(=O)NS(=O)(=O)C3CC3)C[C@H]1CC)O2. The van der Waals surface area contributed by atoms with Crippen molar-refractivity contribution in [3.05, 3.63) is 35.4 Å². The van der Waals surface area contributed by atoms with Crippen LogP contribution in [-0.2, 0) is 33.9 Å². The van der Waals surface area contributed by atoms with Crippen LogP contribution in [0.2, 0.25) is 0 Å². The van der Waals surface area contributed by atoms with E-state index in [1.807, 2.05) is 45.1 Å². The molecule has 3 aliphatic heterocycles. The van der Waals surface area contributed by atoms with Crippen LogP contribution in [0.1, 0.15) is 95.6 Å². The van der Waals surface area contributed by atoms with Crippen LogP contribution in [0.3, 0.4) is 0 Å². The highest BCUT2D eigenvalue weighted by molar-refractivity contribution is 7.91. The second-order valence-corrected chi connectivity index (χ2v) is 18.8. The molecule has 6 aliphatic rings. The van der Waals surface area contributed by atoms with E-state index in [1.54, 1.807) is 15.9 Å². The minimum absolute atomic E-state index is 0.0174. The molecule has 8 rings (SSSR count). The van der Waals surface area contributed by atoms with E-state index in [2.05, 4.69) is 10.0 Å². The molecule has 4 amide bonds. The van der Waals surface area contributed by atoms with Gasteiger partial charge in [-0.15, -0.1) is 0 Å². The van der Waals surface area contributed by atoms with Crippen molar-refractivity contribution in [3.63, 3.8) is 0 Å². The highest BCUT2D eigenvalue weighted by Crippen LogP contribution is 2.47. The Morgan fingerprint density at radius 2 is 1.82 bits per heavy atom. The molecule has 6 bridgehead atoms. The summed E-state index contributed by atoms with van der Waals surface area (Å²) in [6.07, 6.45) is 9.46. The number of amides is 4. The van der Waals surface area contributed by atoms with Gasteiger partial charge in [-0.25, -0.2) is 13.4 Å². The van der Waals surface area contributed by atoms with Crippen LogP contribution in [-0.4, -0.2) is 109 Å². The molecule has 3 aliphatic carbocycles. The molecule has 1 aromatic carbocycles. The number of carbonyl (C=O) groups is 4. The van der Waals surface area contributed by atoms with Gasteiger partial charge in [-0.3, -0.25) is 23.9 Å². The van der Waals surface area contributed by atoms with Crippen LogP contribution in [0.4, 0.5) is 0 Å². The Morgan fingerprint density at radius 3 is 2.54 bits per heavy atom. The van der Waals surface area contributed by atoms with Crippen LogP contribution in [0.5, 0.6) is 11.6 Å². The molecule has 308 valence electrons. The van der Waals surface area contributed by atoms with E-state index in [-0.39, 0.29) is 49.1 Å². The molecule has 3 saturated carbocycles. The smallest absolute Gasteiger partial charge is 0.259 e. The second kappa shape index (κ2) is 15.8. The van der Waals surface area contributed by atoms with Gasteiger partial charge in [0.2, 0.25) is 33.6 Å². The fraction of sp³-hybridized carbons (Fsp3) is 0.643. The van der Waals surface area contributed by atoms with Gasteiger partial charge in [0.25, 0.3) is 5.91 Å². The maximum Gasteiger partial charge on any atom is 0.259 e. The van der Waals surface area contributed by atoms with Crippen LogP contribution in [0.15, 0.2) is 24.3 Å². The zero-order valence-corrected chi connectivity index (χ0v) is 34.0. The lowest BCUT2D eigenvalue weighted by atomic mass is 9.86. The summed E-state index contributed by atoms with van der Waals surface area (Å²) in [5, 5.41) is 3.10. The van der Waals surface area contributed by atoms with E-state index in [0.29, 0.717) is 75.6 Å². The van der Waals surface area contributed by atoms with E-state index in [0.717, 1.165) is 42.2 Å². The molecule has 6 atom stereocenters. The molecule has 4 heterocycles. The van der Waals surface area contributed by atoms with Crippen LogP contribution >= 0.6 is 0 Å². The largest absolute Gasteiger partial charge is 0.488 e. The normalized spacial score (nSPS) is 30.1. The summed E-state index contributed by atoms with van der Waals surface area (Å²) in [5.74, 6) is -1.69. The molecule has 5 fully saturated rings. The highest BCUT2D eigenvalue weighted by Gasteiger charge is 2.62. The Bertz CT molecular complexity index is 2060. The molecule has 15 heteroatoms. The summed E-state index contributed by atoms with van der Waals surface area (Å²) in [4.78, 5) is 65.4. The van der Waals surface area contributed by atoms with E-state index in [9.17, 15) is 22.8 Å². The molecular formula is C42H55N5O9S. The number of nitrogens with one attached hydrogen (secondary N) is 2. The number of ether oxygens (including phenoxy) is 3. The van der Waals surface area contributed by atoms with Crippen molar-refractivity contribution in [1.82, 2.24) is 24.8 Å². The lowest BCUT2D eigenvalue weighted by Gasteiger charge is -2.32. The number of nitrogens with zero attached hydrogens (tertiary/aromatic N) is 3. The average Bonchev–Trinajstić information content (AvgIpc) is 3.95. The molecule has 0 unspecified atom stereocenters. The Hall–Kier alpha value is -4.24. The van der Waals surface area contributed by atoms with Gasteiger partial charge >= 0.3 is 0 Å². The number of hydrogen-bond donors (Lipinski definition) is 2. The van der Waals surface area contributed by atoms with E-state index < -0.39 is 50.7 Å². The van der Waals surface area contributed by atoms with Gasteiger partial charge in [-0.2, -0.15) is 0 Å². The first-order valence-corrected chi connectivity index (χ1v) is 22.4. The third-order valence-corrected chi connectivity index (χ3v) is 14.8. The summed E-state index contributed by atoms with van der Waals surface area (Å²) < 4.78 is 46.7. The molecule has 2 saturated heterocycles. The summed E-state index contributed by atoms with van der Waals surface area (Å²) in [7, 11) is -3.86. The number of pyridine rings is 1. The summed E-state index contributed by atoms with van der Waals surface area (Å²) in [6.45, 7) is 7.63. The monoisotopic (exact) mass is 805 g/mol. The fourth-order valence-electron chi connectivity index (χ4n) is 9.49. The van der Waals surface area contributed by atoms with Crippen molar-refractivity contribution in [2.75, 3.05) is 32.8 Å². The molecule has 0 radical (unpaired) electrons. The lowest BCUT2D eigenvalue weighted by molar-refractivity contribution is -0.147. The van der Waals surface area contributed by atoms with Gasteiger partial charge in [0, 0.05) is 43.3 Å². The second-order valence-electron chi connectivity index (χ2n) is 16.9. The van der Waals surface area contributed by atoms with Crippen LogP contribution < -0.4 is 19.5 Å². The molecular weight excluding hydrogens is 751 g/mol. The van der Waals surface area contributed by atoms with Crippen molar-refractivity contribution in [1.29, 1.82) is 0 Å². The predicted octanol–water partition coefficient (Wildman–Crippen LogP) is 4.02. The summed E-state index contributed by atoms with van der Waals surface area (Å²) in [6, 6.07) is 4.70. The maximum absolute atomic E-state index is 15.0. The maximum atomic E-state index is 15.0. The molecule has 0 spiro atoms. The minimum Gasteiger partial charge on any atom is -0.488 e. The van der Waals surface area contributed by atoms with E-state index in [4.69, 9.17) is 19.2 Å². The molecule has 2 N–H and O–H groups in total. The minimum atomic E-state index is -3.86.